The van der Waals surface area contributed by atoms with Crippen molar-refractivity contribution in [2.75, 3.05) is 14.2 Å². The summed E-state index contributed by atoms with van der Waals surface area (Å²) in [6.45, 7) is 0.159. The molecule has 1 aromatic rings. The second kappa shape index (κ2) is 8.03. The first-order valence-electron chi connectivity index (χ1n) is 7.15. The van der Waals surface area contributed by atoms with Crippen molar-refractivity contribution in [2.24, 2.45) is 0 Å². The summed E-state index contributed by atoms with van der Waals surface area (Å²) in [6, 6.07) is 6.95. The fourth-order valence-electron chi connectivity index (χ4n) is 2.10. The quantitative estimate of drug-likeness (QED) is 0.844. The predicted molar refractivity (Wildman–Crippen MR) is 84.0 cm³/mol. The molecular formula is C17H19NO5. The molecule has 1 aromatic carbocycles. The number of hydrogen-bond donors (Lipinski definition) is 1. The average molecular weight is 317 g/mol. The SMILES string of the molecule is COC(=O)C1=CC(NC(=O)OCc2ccc(OC)cc2)CC=C1. The van der Waals surface area contributed by atoms with Crippen LogP contribution in [0.5, 0.6) is 5.75 Å². The van der Waals surface area contributed by atoms with Gasteiger partial charge < -0.3 is 19.5 Å². The second-order valence-corrected chi connectivity index (χ2v) is 4.93. The van der Waals surface area contributed by atoms with Crippen LogP contribution in [0.1, 0.15) is 12.0 Å². The number of esters is 1. The molecule has 1 aliphatic carbocycles. The van der Waals surface area contributed by atoms with Crippen molar-refractivity contribution >= 4 is 12.1 Å². The highest BCUT2D eigenvalue weighted by Crippen LogP contribution is 2.13. The largest absolute Gasteiger partial charge is 0.497 e. The summed E-state index contributed by atoms with van der Waals surface area (Å²) in [5.41, 5.74) is 1.27. The van der Waals surface area contributed by atoms with Gasteiger partial charge in [0.1, 0.15) is 12.4 Å². The van der Waals surface area contributed by atoms with E-state index in [-0.39, 0.29) is 12.6 Å². The lowest BCUT2D eigenvalue weighted by molar-refractivity contribution is -0.135. The van der Waals surface area contributed by atoms with Gasteiger partial charge in [-0.2, -0.15) is 0 Å². The molecule has 0 aliphatic heterocycles. The van der Waals surface area contributed by atoms with Crippen LogP contribution in [-0.4, -0.2) is 32.3 Å². The van der Waals surface area contributed by atoms with Crippen LogP contribution >= 0.6 is 0 Å². The van der Waals surface area contributed by atoms with Crippen LogP contribution in [-0.2, 0) is 20.9 Å². The van der Waals surface area contributed by atoms with Gasteiger partial charge in [-0.1, -0.05) is 24.3 Å². The molecule has 1 N–H and O–H groups in total. The zero-order valence-electron chi connectivity index (χ0n) is 13.1. The third-order valence-electron chi connectivity index (χ3n) is 3.32. The lowest BCUT2D eigenvalue weighted by Gasteiger charge is -2.17. The number of nitrogens with one attached hydrogen (secondary N) is 1. The molecule has 0 saturated heterocycles. The summed E-state index contributed by atoms with van der Waals surface area (Å²) in [6.07, 6.45) is 5.19. The number of methoxy groups -OCH3 is 2. The second-order valence-electron chi connectivity index (χ2n) is 4.93. The van der Waals surface area contributed by atoms with Crippen LogP contribution in [0.2, 0.25) is 0 Å². The fourth-order valence-corrected chi connectivity index (χ4v) is 2.10. The third kappa shape index (κ3) is 4.88. The Bertz CT molecular complexity index is 618. The highest BCUT2D eigenvalue weighted by Gasteiger charge is 2.17. The van der Waals surface area contributed by atoms with Crippen molar-refractivity contribution in [1.29, 1.82) is 0 Å². The number of amides is 1. The molecule has 0 aromatic heterocycles. The van der Waals surface area contributed by atoms with Gasteiger partial charge in [0, 0.05) is 0 Å². The highest BCUT2D eigenvalue weighted by molar-refractivity contribution is 5.92. The zero-order chi connectivity index (χ0) is 16.7. The number of alkyl carbamates (subject to hydrolysis) is 1. The maximum absolute atomic E-state index is 11.8. The first kappa shape index (κ1) is 16.6. The fraction of sp³-hybridized carbons (Fsp3) is 0.294. The Labute approximate surface area is 134 Å². The summed E-state index contributed by atoms with van der Waals surface area (Å²) in [5, 5.41) is 2.70. The van der Waals surface area contributed by atoms with Gasteiger partial charge in [0.05, 0.1) is 25.8 Å². The van der Waals surface area contributed by atoms with Crippen molar-refractivity contribution in [3.8, 4) is 5.75 Å². The predicted octanol–water partition coefficient (Wildman–Crippen LogP) is 2.35. The highest BCUT2D eigenvalue weighted by atomic mass is 16.5. The summed E-state index contributed by atoms with van der Waals surface area (Å²) in [5.74, 6) is 0.312. The van der Waals surface area contributed by atoms with E-state index in [1.807, 2.05) is 12.1 Å². The van der Waals surface area contributed by atoms with Gasteiger partial charge in [-0.3, -0.25) is 0 Å². The van der Waals surface area contributed by atoms with Crippen LogP contribution < -0.4 is 10.1 Å². The van der Waals surface area contributed by atoms with Crippen LogP contribution in [0.25, 0.3) is 0 Å². The standard InChI is InChI=1S/C17H19NO5/c1-21-15-8-6-12(7-9-15)11-23-17(20)18-14-5-3-4-13(10-14)16(19)22-2/h3-4,6-10,14H,5,11H2,1-2H3,(H,18,20). The maximum Gasteiger partial charge on any atom is 0.407 e. The molecule has 1 unspecified atom stereocenters. The van der Waals surface area contributed by atoms with E-state index in [1.54, 1.807) is 37.5 Å². The number of ether oxygens (including phenoxy) is 3. The van der Waals surface area contributed by atoms with E-state index in [1.165, 1.54) is 7.11 Å². The minimum absolute atomic E-state index is 0.159. The van der Waals surface area contributed by atoms with E-state index in [9.17, 15) is 9.59 Å². The van der Waals surface area contributed by atoms with E-state index < -0.39 is 12.1 Å². The summed E-state index contributed by atoms with van der Waals surface area (Å²) >= 11 is 0. The minimum Gasteiger partial charge on any atom is -0.497 e. The molecule has 1 aliphatic rings. The molecule has 0 bridgehead atoms. The van der Waals surface area contributed by atoms with Gasteiger partial charge >= 0.3 is 12.1 Å². The number of carbonyl (C=O) groups is 2. The van der Waals surface area contributed by atoms with Crippen LogP contribution in [0.15, 0.2) is 48.1 Å². The molecule has 2 rings (SSSR count). The molecule has 1 amide bonds. The molecule has 0 fully saturated rings. The topological polar surface area (TPSA) is 73.9 Å². The Morgan fingerprint density at radius 1 is 1.22 bits per heavy atom. The van der Waals surface area contributed by atoms with Crippen LogP contribution in [0.3, 0.4) is 0 Å². The van der Waals surface area contributed by atoms with Gasteiger partial charge in [-0.05, 0) is 30.2 Å². The van der Waals surface area contributed by atoms with Gasteiger partial charge in [0.25, 0.3) is 0 Å². The molecule has 23 heavy (non-hydrogen) atoms. The summed E-state index contributed by atoms with van der Waals surface area (Å²) in [7, 11) is 2.91. The molecule has 0 spiro atoms. The lowest BCUT2D eigenvalue weighted by atomic mass is 10.0. The van der Waals surface area contributed by atoms with Crippen molar-refractivity contribution < 1.29 is 23.8 Å². The van der Waals surface area contributed by atoms with Crippen molar-refractivity contribution in [3.63, 3.8) is 0 Å². The van der Waals surface area contributed by atoms with Crippen molar-refractivity contribution in [1.82, 2.24) is 5.32 Å². The summed E-state index contributed by atoms with van der Waals surface area (Å²) < 4.78 is 14.9. The average Bonchev–Trinajstić information content (AvgIpc) is 2.60. The minimum atomic E-state index is -0.540. The zero-order valence-corrected chi connectivity index (χ0v) is 13.1. The van der Waals surface area contributed by atoms with E-state index in [2.05, 4.69) is 10.1 Å². The molecular weight excluding hydrogens is 298 g/mol. The van der Waals surface area contributed by atoms with Crippen LogP contribution in [0, 0.1) is 0 Å². The van der Waals surface area contributed by atoms with E-state index >= 15 is 0 Å². The maximum atomic E-state index is 11.8. The van der Waals surface area contributed by atoms with Crippen molar-refractivity contribution in [2.45, 2.75) is 19.1 Å². The Balaban J connectivity index is 1.83. The molecule has 0 radical (unpaired) electrons. The smallest absolute Gasteiger partial charge is 0.407 e. The summed E-state index contributed by atoms with van der Waals surface area (Å²) in [4.78, 5) is 23.3. The molecule has 0 saturated carbocycles. The Kier molecular flexibility index (Phi) is 5.80. The monoisotopic (exact) mass is 317 g/mol. The molecule has 0 heterocycles. The van der Waals surface area contributed by atoms with Crippen molar-refractivity contribution in [3.05, 3.63) is 53.6 Å². The van der Waals surface area contributed by atoms with Gasteiger partial charge in [0.15, 0.2) is 0 Å². The van der Waals surface area contributed by atoms with Gasteiger partial charge in [0.2, 0.25) is 0 Å². The molecule has 6 heteroatoms. The first-order valence-corrected chi connectivity index (χ1v) is 7.15. The molecule has 1 atom stereocenters. The van der Waals surface area contributed by atoms with E-state index in [0.717, 1.165) is 11.3 Å². The molecule has 6 nitrogen and oxygen atoms in total. The number of hydrogen-bond acceptors (Lipinski definition) is 5. The number of benzene rings is 1. The van der Waals surface area contributed by atoms with E-state index in [4.69, 9.17) is 9.47 Å². The number of carbonyl (C=O) groups excluding carboxylic acids is 2. The first-order chi connectivity index (χ1) is 11.1. The lowest BCUT2D eigenvalue weighted by Crippen LogP contribution is -2.35. The van der Waals surface area contributed by atoms with Crippen LogP contribution in [0.4, 0.5) is 4.79 Å². The normalized spacial score (nSPS) is 16.3. The third-order valence-corrected chi connectivity index (χ3v) is 3.32. The van der Waals surface area contributed by atoms with E-state index in [0.29, 0.717) is 12.0 Å². The van der Waals surface area contributed by atoms with Gasteiger partial charge in [-0.25, -0.2) is 9.59 Å². The van der Waals surface area contributed by atoms with Gasteiger partial charge in [-0.15, -0.1) is 0 Å². The number of rotatable bonds is 5. The Morgan fingerprint density at radius 3 is 2.61 bits per heavy atom. The Hall–Kier alpha value is -2.76. The molecule has 122 valence electrons. The Morgan fingerprint density at radius 2 is 1.96 bits per heavy atom.